The van der Waals surface area contributed by atoms with Crippen molar-refractivity contribution in [2.24, 2.45) is 0 Å². The van der Waals surface area contributed by atoms with Gasteiger partial charge in [-0.3, -0.25) is 4.79 Å². The Morgan fingerprint density at radius 3 is 2.48 bits per heavy atom. The Balaban J connectivity index is 1.80. The van der Waals surface area contributed by atoms with Gasteiger partial charge in [-0.15, -0.1) is 0 Å². The first-order chi connectivity index (χ1) is 10.1. The van der Waals surface area contributed by atoms with E-state index in [0.717, 1.165) is 6.42 Å². The molecule has 0 unspecified atom stereocenters. The summed E-state index contributed by atoms with van der Waals surface area (Å²) < 4.78 is 16.9. The maximum Gasteiger partial charge on any atom is 0.254 e. The molecule has 1 fully saturated rings. The van der Waals surface area contributed by atoms with Gasteiger partial charge in [-0.1, -0.05) is 0 Å². The van der Waals surface area contributed by atoms with Crippen LogP contribution in [0.1, 0.15) is 30.6 Å². The molecule has 5 heteroatoms. The van der Waals surface area contributed by atoms with E-state index in [1.54, 1.807) is 12.1 Å². The number of morpholine rings is 1. The normalized spacial score (nSPS) is 25.3. The van der Waals surface area contributed by atoms with Crippen molar-refractivity contribution in [2.45, 2.75) is 32.5 Å². The summed E-state index contributed by atoms with van der Waals surface area (Å²) in [6.07, 6.45) is 0.993. The van der Waals surface area contributed by atoms with E-state index in [9.17, 15) is 4.79 Å². The third kappa shape index (κ3) is 3.13. The van der Waals surface area contributed by atoms with Crippen LogP contribution in [0, 0.1) is 0 Å². The number of carbonyl (C=O) groups excluding carboxylic acids is 1. The summed E-state index contributed by atoms with van der Waals surface area (Å²) in [7, 11) is 0. The Morgan fingerprint density at radius 1 is 1.10 bits per heavy atom. The first-order valence-electron chi connectivity index (χ1n) is 7.48. The molecule has 0 bridgehead atoms. The lowest BCUT2D eigenvalue weighted by Gasteiger charge is -2.35. The van der Waals surface area contributed by atoms with Gasteiger partial charge in [0.1, 0.15) is 0 Å². The van der Waals surface area contributed by atoms with E-state index >= 15 is 0 Å². The Kier molecular flexibility index (Phi) is 4.01. The highest BCUT2D eigenvalue weighted by Crippen LogP contribution is 2.31. The number of ether oxygens (including phenoxy) is 3. The van der Waals surface area contributed by atoms with Crippen molar-refractivity contribution in [3.63, 3.8) is 0 Å². The Bertz CT molecular complexity index is 521. The molecule has 21 heavy (non-hydrogen) atoms. The molecule has 2 heterocycles. The van der Waals surface area contributed by atoms with Crippen LogP contribution < -0.4 is 9.47 Å². The van der Waals surface area contributed by atoms with Crippen LogP contribution in [-0.4, -0.2) is 49.3 Å². The summed E-state index contributed by atoms with van der Waals surface area (Å²) in [6, 6.07) is 5.41. The molecule has 1 aromatic rings. The molecule has 2 aliphatic heterocycles. The standard InChI is InChI=1S/C16H21NO4/c1-11-9-17(10-12(2)21-11)16(18)13-4-5-14-15(8-13)20-7-3-6-19-14/h4-5,8,11-12H,3,6-7,9-10H2,1-2H3/t11-,12-/m0/s1. The van der Waals surface area contributed by atoms with Gasteiger partial charge in [0.15, 0.2) is 11.5 Å². The molecule has 1 aromatic carbocycles. The Morgan fingerprint density at radius 2 is 1.76 bits per heavy atom. The highest BCUT2D eigenvalue weighted by molar-refractivity contribution is 5.95. The van der Waals surface area contributed by atoms with E-state index in [1.807, 2.05) is 24.8 Å². The molecule has 5 nitrogen and oxygen atoms in total. The molecule has 0 saturated carbocycles. The van der Waals surface area contributed by atoms with Gasteiger partial charge in [-0.2, -0.15) is 0 Å². The zero-order valence-electron chi connectivity index (χ0n) is 12.5. The number of hydrogen-bond donors (Lipinski definition) is 0. The lowest BCUT2D eigenvalue weighted by molar-refractivity contribution is -0.0586. The van der Waals surface area contributed by atoms with Crippen LogP contribution in [0.2, 0.25) is 0 Å². The van der Waals surface area contributed by atoms with E-state index in [4.69, 9.17) is 14.2 Å². The minimum Gasteiger partial charge on any atom is -0.490 e. The maximum atomic E-state index is 12.6. The first kappa shape index (κ1) is 14.2. The summed E-state index contributed by atoms with van der Waals surface area (Å²) in [5.41, 5.74) is 0.639. The topological polar surface area (TPSA) is 48.0 Å². The summed E-state index contributed by atoms with van der Waals surface area (Å²) in [5.74, 6) is 1.40. The van der Waals surface area contributed by atoms with Gasteiger partial charge in [-0.25, -0.2) is 0 Å². The van der Waals surface area contributed by atoms with E-state index < -0.39 is 0 Å². The van der Waals surface area contributed by atoms with Gasteiger partial charge >= 0.3 is 0 Å². The van der Waals surface area contributed by atoms with Crippen LogP contribution in [0.25, 0.3) is 0 Å². The quantitative estimate of drug-likeness (QED) is 0.795. The van der Waals surface area contributed by atoms with Gasteiger partial charge < -0.3 is 19.1 Å². The highest BCUT2D eigenvalue weighted by atomic mass is 16.5. The summed E-state index contributed by atoms with van der Waals surface area (Å²) in [5, 5.41) is 0. The van der Waals surface area contributed by atoms with Crippen molar-refractivity contribution in [3.05, 3.63) is 23.8 Å². The van der Waals surface area contributed by atoms with Crippen LogP contribution in [0.3, 0.4) is 0 Å². The summed E-state index contributed by atoms with van der Waals surface area (Å²) in [4.78, 5) is 14.5. The predicted molar refractivity (Wildman–Crippen MR) is 78.0 cm³/mol. The van der Waals surface area contributed by atoms with E-state index in [2.05, 4.69) is 0 Å². The SMILES string of the molecule is C[C@H]1CN(C(=O)c2ccc3c(c2)OCCCO3)C[C@H](C)O1. The van der Waals surface area contributed by atoms with Crippen molar-refractivity contribution in [1.82, 2.24) is 4.90 Å². The summed E-state index contributed by atoms with van der Waals surface area (Å²) in [6.45, 7) is 6.50. The Hall–Kier alpha value is -1.75. The lowest BCUT2D eigenvalue weighted by atomic mass is 10.1. The minimum absolute atomic E-state index is 0.0210. The third-order valence-corrected chi connectivity index (χ3v) is 3.70. The zero-order valence-corrected chi connectivity index (χ0v) is 12.5. The second kappa shape index (κ2) is 5.93. The van der Waals surface area contributed by atoms with Gasteiger partial charge in [-0.05, 0) is 32.0 Å². The number of fused-ring (bicyclic) bond motifs is 1. The number of rotatable bonds is 1. The van der Waals surface area contributed by atoms with Crippen molar-refractivity contribution < 1.29 is 19.0 Å². The van der Waals surface area contributed by atoms with Gasteiger partial charge in [0.05, 0.1) is 25.4 Å². The lowest BCUT2D eigenvalue weighted by Crippen LogP contribution is -2.48. The third-order valence-electron chi connectivity index (χ3n) is 3.70. The van der Waals surface area contributed by atoms with E-state index in [1.165, 1.54) is 0 Å². The molecule has 2 atom stereocenters. The predicted octanol–water partition coefficient (Wildman–Crippen LogP) is 2.10. The molecule has 114 valence electrons. The second-order valence-corrected chi connectivity index (χ2v) is 5.68. The fourth-order valence-electron chi connectivity index (χ4n) is 2.82. The minimum atomic E-state index is 0.0210. The Labute approximate surface area is 124 Å². The molecule has 1 saturated heterocycles. The zero-order chi connectivity index (χ0) is 14.8. The number of benzene rings is 1. The van der Waals surface area contributed by atoms with Crippen LogP contribution in [-0.2, 0) is 4.74 Å². The monoisotopic (exact) mass is 291 g/mol. The fraction of sp³-hybridized carbons (Fsp3) is 0.562. The fourth-order valence-corrected chi connectivity index (χ4v) is 2.82. The van der Waals surface area contributed by atoms with Crippen LogP contribution in [0.15, 0.2) is 18.2 Å². The summed E-state index contributed by atoms with van der Waals surface area (Å²) >= 11 is 0. The van der Waals surface area contributed by atoms with E-state index in [0.29, 0.717) is 43.4 Å². The van der Waals surface area contributed by atoms with Gasteiger partial charge in [0, 0.05) is 25.1 Å². The van der Waals surface area contributed by atoms with Crippen LogP contribution in [0.5, 0.6) is 11.5 Å². The highest BCUT2D eigenvalue weighted by Gasteiger charge is 2.27. The number of amides is 1. The number of hydrogen-bond acceptors (Lipinski definition) is 4. The average Bonchev–Trinajstić information content (AvgIpc) is 2.69. The van der Waals surface area contributed by atoms with Crippen molar-refractivity contribution >= 4 is 5.91 Å². The molecule has 1 amide bonds. The largest absolute Gasteiger partial charge is 0.490 e. The molecular formula is C16H21NO4. The van der Waals surface area contributed by atoms with Gasteiger partial charge in [0.25, 0.3) is 5.91 Å². The molecule has 0 radical (unpaired) electrons. The maximum absolute atomic E-state index is 12.6. The molecule has 0 N–H and O–H groups in total. The van der Waals surface area contributed by atoms with Crippen molar-refractivity contribution in [1.29, 1.82) is 0 Å². The van der Waals surface area contributed by atoms with Crippen LogP contribution in [0.4, 0.5) is 0 Å². The molecule has 3 rings (SSSR count). The number of nitrogens with zero attached hydrogens (tertiary/aromatic N) is 1. The van der Waals surface area contributed by atoms with Crippen molar-refractivity contribution in [3.8, 4) is 11.5 Å². The van der Waals surface area contributed by atoms with E-state index in [-0.39, 0.29) is 18.1 Å². The van der Waals surface area contributed by atoms with Crippen molar-refractivity contribution in [2.75, 3.05) is 26.3 Å². The average molecular weight is 291 g/mol. The smallest absolute Gasteiger partial charge is 0.254 e. The number of carbonyl (C=O) groups is 1. The van der Waals surface area contributed by atoms with Crippen LogP contribution >= 0.6 is 0 Å². The molecule has 0 aliphatic carbocycles. The first-order valence-corrected chi connectivity index (χ1v) is 7.48. The molecular weight excluding hydrogens is 270 g/mol. The van der Waals surface area contributed by atoms with Gasteiger partial charge in [0.2, 0.25) is 0 Å². The molecule has 0 aromatic heterocycles. The molecule has 0 spiro atoms. The second-order valence-electron chi connectivity index (χ2n) is 5.68. The molecule has 2 aliphatic rings.